The number of aromatic amines is 1. The first kappa shape index (κ1) is 27.1. The molecule has 13 nitrogen and oxygen atoms in total. The molecule has 222 valence electrons. The van der Waals surface area contributed by atoms with Crippen molar-refractivity contribution in [3.05, 3.63) is 36.4 Å². The summed E-state index contributed by atoms with van der Waals surface area (Å²) >= 11 is 0. The number of nitrogens with one attached hydrogen (secondary N) is 3. The molecule has 0 saturated carbocycles. The van der Waals surface area contributed by atoms with Crippen molar-refractivity contribution in [1.82, 2.24) is 39.5 Å². The van der Waals surface area contributed by atoms with Gasteiger partial charge in [-0.3, -0.25) is 9.58 Å². The zero-order chi connectivity index (χ0) is 28.8. The van der Waals surface area contributed by atoms with E-state index in [0.29, 0.717) is 36.8 Å². The van der Waals surface area contributed by atoms with Gasteiger partial charge in [-0.1, -0.05) is 6.92 Å². The number of fused-ring (bicyclic) bond motifs is 1. The number of nitrogens with zero attached hydrogens (tertiary/aromatic N) is 7. The maximum absolute atomic E-state index is 6.16. The Hall–Kier alpha value is -3.78. The number of hydrogen-bond donors (Lipinski definition) is 3. The molecule has 0 aromatic carbocycles. The molecule has 3 fully saturated rings. The van der Waals surface area contributed by atoms with Gasteiger partial charge < -0.3 is 34.7 Å². The largest absolute Gasteiger partial charge is 0.478 e. The van der Waals surface area contributed by atoms with Gasteiger partial charge in [0.05, 0.1) is 43.8 Å². The lowest BCUT2D eigenvalue weighted by molar-refractivity contribution is -0.0289. The number of anilines is 3. The maximum Gasteiger partial charge on any atom is 0.256 e. The minimum Gasteiger partial charge on any atom is -0.478 e. The second-order valence-corrected chi connectivity index (χ2v) is 11.3. The number of ether oxygens (including phenoxy) is 3. The number of hydrogen-bond acceptors (Lipinski definition) is 11. The molecule has 0 spiro atoms. The Kier molecular flexibility index (Phi) is 7.18. The van der Waals surface area contributed by atoms with Crippen molar-refractivity contribution in [2.75, 3.05) is 64.2 Å². The lowest BCUT2D eigenvalue weighted by Crippen LogP contribution is -2.51. The highest BCUT2D eigenvalue weighted by molar-refractivity contribution is 6.00. The van der Waals surface area contributed by atoms with Crippen LogP contribution < -0.4 is 15.4 Å². The molecule has 13 heteroatoms. The Morgan fingerprint density at radius 1 is 1.19 bits per heavy atom. The molecular weight excluding hydrogens is 536 g/mol. The summed E-state index contributed by atoms with van der Waals surface area (Å²) in [6.45, 7) is 9.90. The molecule has 3 aliphatic heterocycles. The van der Waals surface area contributed by atoms with Crippen molar-refractivity contribution >= 4 is 28.4 Å². The minimum atomic E-state index is -0.0570. The Balaban J connectivity index is 1.10. The number of likely N-dealkylation sites (N-methyl/N-ethyl adjacent to an activating group) is 1. The van der Waals surface area contributed by atoms with Crippen LogP contribution in [-0.4, -0.2) is 111 Å². The van der Waals surface area contributed by atoms with Gasteiger partial charge in [-0.05, 0) is 32.0 Å². The van der Waals surface area contributed by atoms with E-state index >= 15 is 0 Å². The van der Waals surface area contributed by atoms with E-state index < -0.39 is 0 Å². The first-order chi connectivity index (χ1) is 20.5. The fraction of sp³-hybridized carbons (Fsp3) is 0.517. The summed E-state index contributed by atoms with van der Waals surface area (Å²) in [6.07, 6.45) is 8.70. The number of rotatable bonds is 10. The lowest BCUT2D eigenvalue weighted by atomic mass is 10.1. The Morgan fingerprint density at radius 3 is 2.76 bits per heavy atom. The van der Waals surface area contributed by atoms with Crippen LogP contribution in [0.15, 0.2) is 30.9 Å². The van der Waals surface area contributed by atoms with Crippen molar-refractivity contribution in [2.45, 2.75) is 44.7 Å². The predicted octanol–water partition coefficient (Wildman–Crippen LogP) is 3.01. The molecular formula is C29H38N10O3. The Bertz CT molecular complexity index is 1560. The molecule has 7 rings (SSSR count). The van der Waals surface area contributed by atoms with Gasteiger partial charge >= 0.3 is 0 Å². The van der Waals surface area contributed by atoms with Gasteiger partial charge in [-0.2, -0.15) is 0 Å². The number of aromatic nitrogens is 6. The number of H-pyrrole nitrogens is 1. The van der Waals surface area contributed by atoms with E-state index in [1.807, 2.05) is 42.5 Å². The van der Waals surface area contributed by atoms with Gasteiger partial charge in [-0.15, -0.1) is 5.10 Å². The molecule has 4 aromatic rings. The van der Waals surface area contributed by atoms with Gasteiger partial charge in [0.1, 0.15) is 11.8 Å². The van der Waals surface area contributed by atoms with E-state index in [2.05, 4.69) is 54.5 Å². The molecule has 3 N–H and O–H groups in total. The standard InChI is InChI=1S/C29H38N10O3/c1-5-22(38-10-8-37(3)9-11-38)25-28(42-25)35-26-24-19(6-7-30-26)20(13-31-24)23-17(2)12-32-29(34-23)33-21-14-39(18-15-41-16-18)36-27(21)40-4/h6-7,12-14,18,22,25,28,31H,5,8-11,15-16H2,1-4H3,(H,30,35)(H,32,33,34). The maximum atomic E-state index is 6.16. The summed E-state index contributed by atoms with van der Waals surface area (Å²) in [5, 5.41) is 12.4. The first-order valence-electron chi connectivity index (χ1n) is 14.6. The fourth-order valence-electron chi connectivity index (χ4n) is 5.95. The second kappa shape index (κ2) is 11.1. The van der Waals surface area contributed by atoms with Gasteiger partial charge in [0.25, 0.3) is 5.88 Å². The second-order valence-electron chi connectivity index (χ2n) is 11.3. The third-order valence-electron chi connectivity index (χ3n) is 8.57. The number of methoxy groups -OCH3 is 1. The van der Waals surface area contributed by atoms with Gasteiger partial charge in [-0.25, -0.2) is 15.0 Å². The molecule has 3 atom stereocenters. The minimum absolute atomic E-state index is 0.0570. The van der Waals surface area contributed by atoms with Crippen molar-refractivity contribution in [1.29, 1.82) is 0 Å². The van der Waals surface area contributed by atoms with Crippen molar-refractivity contribution < 1.29 is 14.2 Å². The smallest absolute Gasteiger partial charge is 0.256 e. The summed E-state index contributed by atoms with van der Waals surface area (Å²) in [6, 6.07) is 2.62. The van der Waals surface area contributed by atoms with Crippen molar-refractivity contribution in [3.8, 4) is 17.1 Å². The first-order valence-corrected chi connectivity index (χ1v) is 14.6. The third kappa shape index (κ3) is 5.06. The highest BCUT2D eigenvalue weighted by Gasteiger charge is 2.47. The summed E-state index contributed by atoms with van der Waals surface area (Å²) in [5.41, 5.74) is 4.40. The monoisotopic (exact) mass is 574 g/mol. The van der Waals surface area contributed by atoms with Gasteiger partial charge in [0, 0.05) is 61.8 Å². The van der Waals surface area contributed by atoms with E-state index in [9.17, 15) is 0 Å². The summed E-state index contributed by atoms with van der Waals surface area (Å²) in [5.74, 6) is 1.73. The normalized spacial score (nSPS) is 22.2. The van der Waals surface area contributed by atoms with Crippen LogP contribution >= 0.6 is 0 Å². The van der Waals surface area contributed by atoms with Crippen LogP contribution in [0.3, 0.4) is 0 Å². The summed E-state index contributed by atoms with van der Waals surface area (Å²) in [7, 11) is 3.79. The Labute approximate surface area is 244 Å². The van der Waals surface area contributed by atoms with E-state index in [0.717, 1.165) is 66.1 Å². The number of pyridine rings is 1. The summed E-state index contributed by atoms with van der Waals surface area (Å²) < 4.78 is 18.8. The van der Waals surface area contributed by atoms with Crippen molar-refractivity contribution in [2.24, 2.45) is 0 Å². The molecule has 0 radical (unpaired) electrons. The average Bonchev–Trinajstić information content (AvgIpc) is 3.38. The average molecular weight is 575 g/mol. The molecule has 42 heavy (non-hydrogen) atoms. The quantitative estimate of drug-likeness (QED) is 0.241. The van der Waals surface area contributed by atoms with Crippen LogP contribution in [-0.2, 0) is 9.47 Å². The number of piperazine rings is 1. The van der Waals surface area contributed by atoms with Crippen LogP contribution in [0.25, 0.3) is 22.2 Å². The molecule has 0 bridgehead atoms. The van der Waals surface area contributed by atoms with Crippen LogP contribution in [0, 0.1) is 6.92 Å². The number of epoxide rings is 1. The molecule has 0 amide bonds. The number of aryl methyl sites for hydroxylation is 1. The molecule has 7 heterocycles. The fourth-order valence-corrected chi connectivity index (χ4v) is 5.95. The molecule has 3 aliphatic rings. The van der Waals surface area contributed by atoms with E-state index in [1.54, 1.807) is 7.11 Å². The molecule has 3 unspecified atom stereocenters. The zero-order valence-electron chi connectivity index (χ0n) is 24.5. The van der Waals surface area contributed by atoms with Crippen LogP contribution in [0.5, 0.6) is 5.88 Å². The highest BCUT2D eigenvalue weighted by atomic mass is 16.6. The van der Waals surface area contributed by atoms with E-state index in [1.165, 1.54) is 0 Å². The molecule has 3 saturated heterocycles. The third-order valence-corrected chi connectivity index (χ3v) is 8.57. The van der Waals surface area contributed by atoms with Gasteiger partial charge in [0.2, 0.25) is 5.95 Å². The van der Waals surface area contributed by atoms with E-state index in [4.69, 9.17) is 19.2 Å². The molecule has 0 aliphatic carbocycles. The zero-order valence-corrected chi connectivity index (χ0v) is 24.5. The van der Waals surface area contributed by atoms with Crippen LogP contribution in [0.1, 0.15) is 24.9 Å². The van der Waals surface area contributed by atoms with Gasteiger partial charge in [0.15, 0.2) is 12.0 Å². The predicted molar refractivity (Wildman–Crippen MR) is 159 cm³/mol. The SMILES string of the molecule is CCC(C1OC1Nc1nccc2c(-c3nc(Nc4cn(C5COC5)nc4OC)ncc3C)c[nH]c12)N1CCN(C)CC1. The van der Waals surface area contributed by atoms with Crippen molar-refractivity contribution in [3.63, 3.8) is 0 Å². The molecule has 4 aromatic heterocycles. The topological polar surface area (TPSA) is 134 Å². The Morgan fingerprint density at radius 2 is 2.02 bits per heavy atom. The summed E-state index contributed by atoms with van der Waals surface area (Å²) in [4.78, 5) is 22.5. The highest BCUT2D eigenvalue weighted by Crippen LogP contribution is 2.36. The van der Waals surface area contributed by atoms with Crippen LogP contribution in [0.2, 0.25) is 0 Å². The lowest BCUT2D eigenvalue weighted by Gasteiger charge is -2.37. The van der Waals surface area contributed by atoms with Crippen LogP contribution in [0.4, 0.5) is 17.5 Å². The van der Waals surface area contributed by atoms with E-state index in [-0.39, 0.29) is 18.4 Å².